The molecule has 21 heavy (non-hydrogen) atoms. The zero-order valence-electron chi connectivity index (χ0n) is 12.7. The first kappa shape index (κ1) is 15.4. The third kappa shape index (κ3) is 3.74. The molecule has 1 aliphatic rings. The van der Waals surface area contributed by atoms with Crippen LogP contribution in [0.2, 0.25) is 0 Å². The highest BCUT2D eigenvalue weighted by atomic mass is 16.2. The third-order valence-corrected chi connectivity index (χ3v) is 3.87. The number of nitrogens with one attached hydrogen (secondary N) is 1. The first-order chi connectivity index (χ1) is 10.2. The fourth-order valence-electron chi connectivity index (χ4n) is 2.63. The second-order valence-electron chi connectivity index (χ2n) is 5.27. The van der Waals surface area contributed by atoms with Crippen molar-refractivity contribution in [1.29, 1.82) is 0 Å². The molecule has 0 saturated carbocycles. The Hall–Kier alpha value is -2.04. The highest BCUT2D eigenvalue weighted by molar-refractivity contribution is 5.95. The van der Waals surface area contributed by atoms with Crippen LogP contribution in [0.5, 0.6) is 0 Å². The quantitative estimate of drug-likeness (QED) is 0.902. The van der Waals surface area contributed by atoms with Crippen molar-refractivity contribution >= 4 is 17.6 Å². The Labute approximate surface area is 125 Å². The molecule has 0 spiro atoms. The topological polar surface area (TPSA) is 52.7 Å². The summed E-state index contributed by atoms with van der Waals surface area (Å²) in [6.45, 7) is 6.52. The summed E-state index contributed by atoms with van der Waals surface area (Å²) in [5.74, 6) is 0.306. The van der Waals surface area contributed by atoms with E-state index in [4.69, 9.17) is 0 Å². The Kier molecular flexibility index (Phi) is 5.20. The zero-order chi connectivity index (χ0) is 15.2. The van der Waals surface area contributed by atoms with Crippen LogP contribution in [0.3, 0.4) is 0 Å². The molecule has 1 heterocycles. The summed E-state index contributed by atoms with van der Waals surface area (Å²) in [6.07, 6.45) is 0.493. The summed E-state index contributed by atoms with van der Waals surface area (Å²) in [7, 11) is 0. The number of hydrogen-bond acceptors (Lipinski definition) is 2. The fraction of sp³-hybridized carbons (Fsp3) is 0.500. The maximum atomic E-state index is 12.1. The molecule has 0 aliphatic carbocycles. The highest BCUT2D eigenvalue weighted by Gasteiger charge is 2.30. The Bertz CT molecular complexity index is 486. The molecule has 1 unspecified atom stereocenters. The van der Waals surface area contributed by atoms with Crippen molar-refractivity contribution in [1.82, 2.24) is 10.2 Å². The molecule has 1 saturated heterocycles. The van der Waals surface area contributed by atoms with Crippen molar-refractivity contribution in [2.24, 2.45) is 5.92 Å². The van der Waals surface area contributed by atoms with E-state index in [-0.39, 0.29) is 17.9 Å². The lowest BCUT2D eigenvalue weighted by molar-refractivity contribution is -0.117. The van der Waals surface area contributed by atoms with Crippen molar-refractivity contribution in [3.8, 4) is 0 Å². The van der Waals surface area contributed by atoms with Crippen LogP contribution in [0.25, 0.3) is 0 Å². The maximum Gasteiger partial charge on any atom is 0.317 e. The van der Waals surface area contributed by atoms with E-state index in [1.165, 1.54) is 0 Å². The molecule has 0 aromatic heterocycles. The second kappa shape index (κ2) is 7.11. The van der Waals surface area contributed by atoms with Crippen LogP contribution in [0.4, 0.5) is 10.5 Å². The van der Waals surface area contributed by atoms with Crippen molar-refractivity contribution in [2.45, 2.75) is 20.3 Å². The minimum Gasteiger partial charge on any atom is -0.338 e. The molecule has 1 fully saturated rings. The van der Waals surface area contributed by atoms with Crippen LogP contribution in [-0.4, -0.2) is 43.0 Å². The molecular weight excluding hydrogens is 266 g/mol. The van der Waals surface area contributed by atoms with Gasteiger partial charge in [0.1, 0.15) is 0 Å². The number of hydrogen-bond donors (Lipinski definition) is 1. The summed E-state index contributed by atoms with van der Waals surface area (Å²) in [5, 5.41) is 2.93. The standard InChI is InChI=1S/C16H23N3O2/c1-3-18(4-2)16(21)17-11-13-10-15(20)19(12-13)14-8-6-5-7-9-14/h5-9,13H,3-4,10-12H2,1-2H3,(H,17,21). The maximum absolute atomic E-state index is 12.1. The summed E-state index contributed by atoms with van der Waals surface area (Å²) >= 11 is 0. The number of carbonyl (C=O) groups excluding carboxylic acids is 2. The molecule has 0 radical (unpaired) electrons. The molecule has 1 aromatic rings. The zero-order valence-corrected chi connectivity index (χ0v) is 12.7. The van der Waals surface area contributed by atoms with Crippen LogP contribution < -0.4 is 10.2 Å². The van der Waals surface area contributed by atoms with Gasteiger partial charge in [-0.15, -0.1) is 0 Å². The van der Waals surface area contributed by atoms with Gasteiger partial charge in [0.25, 0.3) is 0 Å². The van der Waals surface area contributed by atoms with Crippen molar-refractivity contribution in [3.63, 3.8) is 0 Å². The molecule has 2 rings (SSSR count). The van der Waals surface area contributed by atoms with Crippen LogP contribution in [0.1, 0.15) is 20.3 Å². The Morgan fingerprint density at radius 1 is 1.29 bits per heavy atom. The minimum absolute atomic E-state index is 0.0504. The van der Waals surface area contributed by atoms with E-state index in [0.29, 0.717) is 32.6 Å². The van der Waals surface area contributed by atoms with E-state index in [2.05, 4.69) is 5.32 Å². The second-order valence-corrected chi connectivity index (χ2v) is 5.27. The predicted octanol–water partition coefficient (Wildman–Crippen LogP) is 2.09. The van der Waals surface area contributed by atoms with E-state index in [1.54, 1.807) is 9.80 Å². The fourth-order valence-corrected chi connectivity index (χ4v) is 2.63. The number of anilines is 1. The number of urea groups is 1. The van der Waals surface area contributed by atoms with E-state index in [1.807, 2.05) is 44.2 Å². The van der Waals surface area contributed by atoms with E-state index < -0.39 is 0 Å². The molecule has 1 aromatic carbocycles. The van der Waals surface area contributed by atoms with Gasteiger partial charge in [-0.2, -0.15) is 0 Å². The third-order valence-electron chi connectivity index (χ3n) is 3.87. The Balaban J connectivity index is 1.87. The van der Waals surface area contributed by atoms with E-state index >= 15 is 0 Å². The van der Waals surface area contributed by atoms with Crippen LogP contribution in [0, 0.1) is 5.92 Å². The molecule has 1 aliphatic heterocycles. The first-order valence-electron chi connectivity index (χ1n) is 7.53. The van der Waals surface area contributed by atoms with Gasteiger partial charge < -0.3 is 15.1 Å². The Morgan fingerprint density at radius 3 is 2.57 bits per heavy atom. The van der Waals surface area contributed by atoms with Gasteiger partial charge in [-0.05, 0) is 26.0 Å². The lowest BCUT2D eigenvalue weighted by atomic mass is 10.1. The number of benzene rings is 1. The van der Waals surface area contributed by atoms with Gasteiger partial charge in [0, 0.05) is 44.2 Å². The van der Waals surface area contributed by atoms with E-state index in [0.717, 1.165) is 5.69 Å². The number of rotatable bonds is 5. The van der Waals surface area contributed by atoms with Gasteiger partial charge in [-0.25, -0.2) is 4.79 Å². The lowest BCUT2D eigenvalue weighted by Crippen LogP contribution is -2.42. The van der Waals surface area contributed by atoms with Gasteiger partial charge in [-0.1, -0.05) is 18.2 Å². The molecule has 1 atom stereocenters. The SMILES string of the molecule is CCN(CC)C(=O)NCC1CC(=O)N(c2ccccc2)C1. The number of amides is 3. The molecule has 5 nitrogen and oxygen atoms in total. The van der Waals surface area contributed by atoms with Gasteiger partial charge in [-0.3, -0.25) is 4.79 Å². The van der Waals surface area contributed by atoms with Gasteiger partial charge in [0.15, 0.2) is 0 Å². The predicted molar refractivity (Wildman–Crippen MR) is 83.2 cm³/mol. The number of para-hydroxylation sites is 1. The van der Waals surface area contributed by atoms with Crippen LogP contribution in [-0.2, 0) is 4.79 Å². The number of carbonyl (C=O) groups is 2. The average Bonchev–Trinajstić information content (AvgIpc) is 2.88. The van der Waals surface area contributed by atoms with Gasteiger partial charge >= 0.3 is 6.03 Å². The van der Waals surface area contributed by atoms with Crippen molar-refractivity contribution < 1.29 is 9.59 Å². The largest absolute Gasteiger partial charge is 0.338 e. The number of nitrogens with zero attached hydrogens (tertiary/aromatic N) is 2. The molecule has 3 amide bonds. The van der Waals surface area contributed by atoms with Crippen molar-refractivity contribution in [3.05, 3.63) is 30.3 Å². The minimum atomic E-state index is -0.0504. The lowest BCUT2D eigenvalue weighted by Gasteiger charge is -2.21. The molecule has 1 N–H and O–H groups in total. The summed E-state index contributed by atoms with van der Waals surface area (Å²) in [6, 6.07) is 9.62. The normalized spacial score (nSPS) is 17.9. The summed E-state index contributed by atoms with van der Waals surface area (Å²) < 4.78 is 0. The first-order valence-corrected chi connectivity index (χ1v) is 7.53. The molecule has 114 valence electrons. The molecule has 5 heteroatoms. The van der Waals surface area contributed by atoms with Gasteiger partial charge in [0.2, 0.25) is 5.91 Å². The average molecular weight is 289 g/mol. The van der Waals surface area contributed by atoms with Crippen LogP contribution >= 0.6 is 0 Å². The van der Waals surface area contributed by atoms with Gasteiger partial charge in [0.05, 0.1) is 0 Å². The van der Waals surface area contributed by atoms with Crippen LogP contribution in [0.15, 0.2) is 30.3 Å². The molecule has 0 bridgehead atoms. The summed E-state index contributed by atoms with van der Waals surface area (Å²) in [4.78, 5) is 27.5. The Morgan fingerprint density at radius 2 is 1.95 bits per heavy atom. The highest BCUT2D eigenvalue weighted by Crippen LogP contribution is 2.24. The smallest absolute Gasteiger partial charge is 0.317 e. The van der Waals surface area contributed by atoms with E-state index in [9.17, 15) is 9.59 Å². The summed E-state index contributed by atoms with van der Waals surface area (Å²) in [5.41, 5.74) is 0.931. The monoisotopic (exact) mass is 289 g/mol. The molecular formula is C16H23N3O2. The van der Waals surface area contributed by atoms with Crippen molar-refractivity contribution in [2.75, 3.05) is 31.1 Å².